The van der Waals surface area contributed by atoms with Crippen LogP contribution in [0.1, 0.15) is 6.42 Å². The van der Waals surface area contributed by atoms with E-state index in [2.05, 4.69) is 48.1 Å². The summed E-state index contributed by atoms with van der Waals surface area (Å²) in [6, 6.07) is 4.70. The fraction of sp³-hybridized carbons (Fsp3) is 0.500. The van der Waals surface area contributed by atoms with Gasteiger partial charge in [0.1, 0.15) is 5.75 Å². The van der Waals surface area contributed by atoms with Crippen LogP contribution < -0.4 is 15.0 Å². The molecule has 94 valence electrons. The van der Waals surface area contributed by atoms with Gasteiger partial charge in [0.15, 0.2) is 0 Å². The summed E-state index contributed by atoms with van der Waals surface area (Å²) < 4.78 is 7.41. The molecule has 1 N–H and O–H groups in total. The van der Waals surface area contributed by atoms with Crippen molar-refractivity contribution in [1.82, 2.24) is 5.32 Å². The van der Waals surface area contributed by atoms with Crippen LogP contribution in [-0.2, 0) is 0 Å². The van der Waals surface area contributed by atoms with Crippen molar-refractivity contribution >= 4 is 37.5 Å². The number of nitrogens with zero attached hydrogens (tertiary/aromatic N) is 1. The van der Waals surface area contributed by atoms with Gasteiger partial charge in [0, 0.05) is 29.7 Å². The predicted molar refractivity (Wildman–Crippen MR) is 78.1 cm³/mol. The quantitative estimate of drug-likeness (QED) is 0.893. The van der Waals surface area contributed by atoms with Crippen molar-refractivity contribution in [3.05, 3.63) is 21.1 Å². The molecule has 0 amide bonds. The molecule has 1 aromatic rings. The average Bonchev–Trinajstić information content (AvgIpc) is 2.78. The number of ether oxygens (including phenoxy) is 1. The molecule has 1 aliphatic heterocycles. The highest BCUT2D eigenvalue weighted by Crippen LogP contribution is 2.37. The Morgan fingerprint density at radius 1 is 1.35 bits per heavy atom. The molecule has 0 radical (unpaired) electrons. The molecule has 1 saturated heterocycles. The van der Waals surface area contributed by atoms with E-state index < -0.39 is 0 Å². The molecule has 0 bridgehead atoms. The maximum absolute atomic E-state index is 5.34. The number of halogens is 2. The number of rotatable bonds is 3. The molecule has 0 aromatic heterocycles. The summed E-state index contributed by atoms with van der Waals surface area (Å²) in [5, 5.41) is 3.33. The molecular weight excluding hydrogens is 348 g/mol. The Morgan fingerprint density at radius 3 is 2.71 bits per heavy atom. The summed E-state index contributed by atoms with van der Waals surface area (Å²) in [5.41, 5.74) is 1.20. The highest BCUT2D eigenvalue weighted by atomic mass is 79.9. The largest absolute Gasteiger partial charge is 0.495 e. The Kier molecular flexibility index (Phi) is 4.33. The fourth-order valence-corrected chi connectivity index (χ4v) is 3.54. The van der Waals surface area contributed by atoms with Crippen LogP contribution >= 0.6 is 31.9 Å². The van der Waals surface area contributed by atoms with Gasteiger partial charge in [0.05, 0.1) is 17.3 Å². The van der Waals surface area contributed by atoms with Crippen LogP contribution in [0, 0.1) is 0 Å². The fourth-order valence-electron chi connectivity index (χ4n) is 2.13. The monoisotopic (exact) mass is 362 g/mol. The summed E-state index contributed by atoms with van der Waals surface area (Å²) in [6.07, 6.45) is 1.18. The molecule has 1 fully saturated rings. The molecule has 17 heavy (non-hydrogen) atoms. The second kappa shape index (κ2) is 5.59. The second-order valence-corrected chi connectivity index (χ2v) is 5.87. The molecule has 1 atom stereocenters. The molecule has 0 spiro atoms. The number of nitrogens with one attached hydrogen (secondary N) is 1. The molecule has 1 aromatic carbocycles. The summed E-state index contributed by atoms with van der Waals surface area (Å²) in [6.45, 7) is 2.12. The molecule has 1 heterocycles. The molecule has 1 unspecified atom stereocenters. The highest BCUT2D eigenvalue weighted by Gasteiger charge is 2.23. The first-order valence-electron chi connectivity index (χ1n) is 5.61. The lowest BCUT2D eigenvalue weighted by atomic mass is 10.2. The van der Waals surface area contributed by atoms with Crippen LogP contribution in [0.2, 0.25) is 0 Å². The molecule has 5 heteroatoms. The lowest BCUT2D eigenvalue weighted by Gasteiger charge is -2.21. The van der Waals surface area contributed by atoms with Gasteiger partial charge in [-0.2, -0.15) is 0 Å². The first-order chi connectivity index (χ1) is 8.15. The first-order valence-corrected chi connectivity index (χ1v) is 7.19. The number of anilines is 1. The van der Waals surface area contributed by atoms with Crippen molar-refractivity contribution in [2.45, 2.75) is 12.5 Å². The van der Waals surface area contributed by atoms with Gasteiger partial charge in [-0.25, -0.2) is 0 Å². The van der Waals surface area contributed by atoms with Gasteiger partial charge < -0.3 is 15.0 Å². The van der Waals surface area contributed by atoms with Crippen molar-refractivity contribution in [2.24, 2.45) is 0 Å². The van der Waals surface area contributed by atoms with Gasteiger partial charge >= 0.3 is 0 Å². The zero-order chi connectivity index (χ0) is 12.4. The van der Waals surface area contributed by atoms with E-state index in [9.17, 15) is 0 Å². The van der Waals surface area contributed by atoms with E-state index in [0.717, 1.165) is 27.8 Å². The van der Waals surface area contributed by atoms with E-state index in [1.807, 2.05) is 13.1 Å². The standard InChI is InChI=1S/C12H16Br2N2O/c1-15-8-3-4-16(7-8)11-6-12(17-2)10(14)5-9(11)13/h5-6,8,15H,3-4,7H2,1-2H3. The van der Waals surface area contributed by atoms with E-state index in [4.69, 9.17) is 4.74 Å². The van der Waals surface area contributed by atoms with Crippen LogP contribution in [0.4, 0.5) is 5.69 Å². The lowest BCUT2D eigenvalue weighted by Crippen LogP contribution is -2.29. The topological polar surface area (TPSA) is 24.5 Å². The van der Waals surface area contributed by atoms with Crippen molar-refractivity contribution in [2.75, 3.05) is 32.1 Å². The number of methoxy groups -OCH3 is 1. The number of likely N-dealkylation sites (N-methyl/N-ethyl adjacent to an activating group) is 1. The van der Waals surface area contributed by atoms with Crippen LogP contribution in [-0.4, -0.2) is 33.3 Å². The van der Waals surface area contributed by atoms with Crippen LogP contribution in [0.3, 0.4) is 0 Å². The lowest BCUT2D eigenvalue weighted by molar-refractivity contribution is 0.412. The Labute approximate surface area is 119 Å². The number of benzene rings is 1. The number of hydrogen-bond acceptors (Lipinski definition) is 3. The van der Waals surface area contributed by atoms with E-state index in [1.54, 1.807) is 7.11 Å². The summed E-state index contributed by atoms with van der Waals surface area (Å²) in [5.74, 6) is 0.871. The van der Waals surface area contributed by atoms with Gasteiger partial charge in [0.2, 0.25) is 0 Å². The Morgan fingerprint density at radius 2 is 2.12 bits per heavy atom. The minimum absolute atomic E-state index is 0.580. The minimum Gasteiger partial charge on any atom is -0.495 e. The molecule has 3 nitrogen and oxygen atoms in total. The molecule has 2 rings (SSSR count). The highest BCUT2D eigenvalue weighted by molar-refractivity contribution is 9.11. The van der Waals surface area contributed by atoms with E-state index in [-0.39, 0.29) is 0 Å². The second-order valence-electron chi connectivity index (χ2n) is 4.16. The van der Waals surface area contributed by atoms with Gasteiger partial charge in [0.25, 0.3) is 0 Å². The van der Waals surface area contributed by atoms with Gasteiger partial charge in [-0.3, -0.25) is 0 Å². The normalized spacial score (nSPS) is 19.8. The molecule has 1 aliphatic rings. The van der Waals surface area contributed by atoms with Crippen LogP contribution in [0.5, 0.6) is 5.75 Å². The van der Waals surface area contributed by atoms with E-state index in [0.29, 0.717) is 6.04 Å². The third-order valence-corrected chi connectivity index (χ3v) is 4.41. The van der Waals surface area contributed by atoms with Crippen molar-refractivity contribution in [3.8, 4) is 5.75 Å². The Balaban J connectivity index is 2.26. The minimum atomic E-state index is 0.580. The zero-order valence-corrected chi connectivity index (χ0v) is 13.1. The van der Waals surface area contributed by atoms with Crippen molar-refractivity contribution in [1.29, 1.82) is 0 Å². The predicted octanol–water partition coefficient (Wildman–Crippen LogP) is 3.02. The zero-order valence-electron chi connectivity index (χ0n) is 9.96. The molecule has 0 saturated carbocycles. The molecule has 0 aliphatic carbocycles. The van der Waals surface area contributed by atoms with Crippen molar-refractivity contribution < 1.29 is 4.74 Å². The smallest absolute Gasteiger partial charge is 0.135 e. The van der Waals surface area contributed by atoms with Crippen molar-refractivity contribution in [3.63, 3.8) is 0 Å². The van der Waals surface area contributed by atoms with Gasteiger partial charge in [-0.15, -0.1) is 0 Å². The third-order valence-electron chi connectivity index (χ3n) is 3.16. The average molecular weight is 364 g/mol. The maximum atomic E-state index is 5.34. The Hall–Kier alpha value is -0.260. The third kappa shape index (κ3) is 2.77. The van der Waals surface area contributed by atoms with Crippen LogP contribution in [0.15, 0.2) is 21.1 Å². The summed E-state index contributed by atoms with van der Waals surface area (Å²) >= 11 is 7.10. The SMILES string of the molecule is CNC1CCN(c2cc(OC)c(Br)cc2Br)C1. The maximum Gasteiger partial charge on any atom is 0.135 e. The summed E-state index contributed by atoms with van der Waals surface area (Å²) in [7, 11) is 3.71. The first kappa shape index (κ1) is 13.2. The Bertz CT molecular complexity index is 412. The van der Waals surface area contributed by atoms with E-state index in [1.165, 1.54) is 12.1 Å². The van der Waals surface area contributed by atoms with E-state index >= 15 is 0 Å². The number of hydrogen-bond donors (Lipinski definition) is 1. The molecular formula is C12H16Br2N2O. The van der Waals surface area contributed by atoms with Crippen LogP contribution in [0.25, 0.3) is 0 Å². The van der Waals surface area contributed by atoms with Gasteiger partial charge in [-0.1, -0.05) is 0 Å². The van der Waals surface area contributed by atoms with Gasteiger partial charge in [-0.05, 0) is 51.4 Å². The summed E-state index contributed by atoms with van der Waals surface area (Å²) in [4.78, 5) is 2.38.